The van der Waals surface area contributed by atoms with Crippen LogP contribution in [0.4, 0.5) is 0 Å². The Morgan fingerprint density at radius 2 is 2.05 bits per heavy atom. The van der Waals surface area contributed by atoms with Crippen molar-refractivity contribution in [2.75, 3.05) is 40.8 Å². The van der Waals surface area contributed by atoms with Gasteiger partial charge in [-0.3, -0.25) is 9.69 Å². The maximum atomic E-state index is 11.5. The van der Waals surface area contributed by atoms with Crippen LogP contribution in [0.15, 0.2) is 24.3 Å². The number of carbonyl (C=O) groups is 1. The minimum absolute atomic E-state index is 0.0996. The normalized spacial score (nSPS) is 10.5. The molecule has 6 heteroatoms. The van der Waals surface area contributed by atoms with Gasteiger partial charge in [-0.1, -0.05) is 24.4 Å². The Morgan fingerprint density at radius 1 is 1.33 bits per heavy atom. The van der Waals surface area contributed by atoms with Gasteiger partial charge in [0.2, 0.25) is 5.91 Å². The van der Waals surface area contributed by atoms with E-state index in [0.29, 0.717) is 18.1 Å². The van der Waals surface area contributed by atoms with Crippen LogP contribution in [0, 0.1) is 0 Å². The molecule has 5 nitrogen and oxygen atoms in total. The number of carbonyl (C=O) groups excluding carboxylic acids is 1. The van der Waals surface area contributed by atoms with Crippen molar-refractivity contribution < 1.29 is 9.53 Å². The first-order valence-electron chi connectivity index (χ1n) is 6.81. The molecule has 0 saturated heterocycles. The van der Waals surface area contributed by atoms with Gasteiger partial charge in [0.25, 0.3) is 0 Å². The third-order valence-corrected chi connectivity index (χ3v) is 3.21. The monoisotopic (exact) mass is 309 g/mol. The van der Waals surface area contributed by atoms with Crippen molar-refractivity contribution in [3.63, 3.8) is 0 Å². The maximum Gasteiger partial charge on any atom is 0.236 e. The van der Waals surface area contributed by atoms with E-state index >= 15 is 0 Å². The topological polar surface area (TPSA) is 58.8 Å². The first kappa shape index (κ1) is 17.4. The Balaban J connectivity index is 2.29. The minimum Gasteiger partial charge on any atom is -0.494 e. The summed E-state index contributed by atoms with van der Waals surface area (Å²) in [7, 11) is 5.44. The molecule has 1 amide bonds. The molecule has 116 valence electrons. The van der Waals surface area contributed by atoms with Gasteiger partial charge in [0.15, 0.2) is 0 Å². The molecule has 0 atom stereocenters. The zero-order valence-electron chi connectivity index (χ0n) is 12.8. The fourth-order valence-corrected chi connectivity index (χ4v) is 1.84. The predicted molar refractivity (Wildman–Crippen MR) is 88.6 cm³/mol. The highest BCUT2D eigenvalue weighted by molar-refractivity contribution is 7.80. The summed E-state index contributed by atoms with van der Waals surface area (Å²) in [6.45, 7) is 1.81. The fourth-order valence-electron chi connectivity index (χ4n) is 1.72. The highest BCUT2D eigenvalue weighted by Gasteiger charge is 2.07. The van der Waals surface area contributed by atoms with Gasteiger partial charge in [-0.15, -0.1) is 0 Å². The number of hydrogen-bond donors (Lipinski definition) is 1. The Labute approximate surface area is 131 Å². The van der Waals surface area contributed by atoms with Gasteiger partial charge in [-0.2, -0.15) is 0 Å². The maximum absolute atomic E-state index is 11.5. The van der Waals surface area contributed by atoms with Crippen molar-refractivity contribution in [1.29, 1.82) is 0 Å². The SMILES string of the molecule is CN(CCCOc1cccc(C(N)=S)c1)CC(=O)N(C)C. The van der Waals surface area contributed by atoms with Crippen LogP contribution in [0.3, 0.4) is 0 Å². The molecule has 0 aromatic heterocycles. The first-order chi connectivity index (χ1) is 9.90. The van der Waals surface area contributed by atoms with Crippen molar-refractivity contribution in [2.24, 2.45) is 5.73 Å². The second-order valence-electron chi connectivity index (χ2n) is 5.12. The zero-order valence-corrected chi connectivity index (χ0v) is 13.7. The van der Waals surface area contributed by atoms with E-state index in [1.807, 2.05) is 36.2 Å². The lowest BCUT2D eigenvalue weighted by molar-refractivity contribution is -0.129. The van der Waals surface area contributed by atoms with Crippen LogP contribution in [-0.2, 0) is 4.79 Å². The van der Waals surface area contributed by atoms with Gasteiger partial charge in [0.05, 0.1) is 13.2 Å². The van der Waals surface area contributed by atoms with Crippen LogP contribution in [0.1, 0.15) is 12.0 Å². The van der Waals surface area contributed by atoms with Crippen LogP contribution < -0.4 is 10.5 Å². The summed E-state index contributed by atoms with van der Waals surface area (Å²) < 4.78 is 5.66. The second-order valence-corrected chi connectivity index (χ2v) is 5.56. The van der Waals surface area contributed by atoms with Gasteiger partial charge in [-0.05, 0) is 25.6 Å². The van der Waals surface area contributed by atoms with Crippen LogP contribution in [0.5, 0.6) is 5.75 Å². The molecule has 2 N–H and O–H groups in total. The fraction of sp³-hybridized carbons (Fsp3) is 0.467. The molecule has 0 saturated carbocycles. The number of thiocarbonyl (C=S) groups is 1. The molecule has 21 heavy (non-hydrogen) atoms. The van der Waals surface area contributed by atoms with E-state index in [1.54, 1.807) is 19.0 Å². The highest BCUT2D eigenvalue weighted by Crippen LogP contribution is 2.13. The first-order valence-corrected chi connectivity index (χ1v) is 7.22. The molecule has 0 aliphatic heterocycles. The molecule has 0 spiro atoms. The second kappa shape index (κ2) is 8.59. The van der Waals surface area contributed by atoms with E-state index < -0.39 is 0 Å². The van der Waals surface area contributed by atoms with Gasteiger partial charge in [-0.25, -0.2) is 0 Å². The molecular formula is C15H23N3O2S. The standard InChI is InChI=1S/C15H23N3O2S/c1-17(2)14(19)11-18(3)8-5-9-20-13-7-4-6-12(10-13)15(16)21/h4,6-7,10H,5,8-9,11H2,1-3H3,(H2,16,21). The molecule has 0 bridgehead atoms. The Hall–Kier alpha value is -1.66. The van der Waals surface area contributed by atoms with Crippen molar-refractivity contribution >= 4 is 23.1 Å². The lowest BCUT2D eigenvalue weighted by Crippen LogP contribution is -2.35. The molecule has 0 aliphatic carbocycles. The third kappa shape index (κ3) is 6.55. The lowest BCUT2D eigenvalue weighted by Gasteiger charge is -2.18. The molecule has 0 heterocycles. The molecule has 0 radical (unpaired) electrons. The summed E-state index contributed by atoms with van der Waals surface area (Å²) >= 11 is 4.93. The molecule has 0 aliphatic rings. The van der Waals surface area contributed by atoms with E-state index in [9.17, 15) is 4.79 Å². The lowest BCUT2D eigenvalue weighted by atomic mass is 10.2. The number of amides is 1. The number of ether oxygens (including phenoxy) is 1. The molecule has 0 unspecified atom stereocenters. The van der Waals surface area contributed by atoms with Crippen molar-refractivity contribution in [3.8, 4) is 5.75 Å². The number of nitrogens with zero attached hydrogens (tertiary/aromatic N) is 2. The highest BCUT2D eigenvalue weighted by atomic mass is 32.1. The van der Waals surface area contributed by atoms with E-state index in [-0.39, 0.29) is 5.91 Å². The van der Waals surface area contributed by atoms with Crippen LogP contribution in [0.25, 0.3) is 0 Å². The van der Waals surface area contributed by atoms with E-state index in [4.69, 9.17) is 22.7 Å². The van der Waals surface area contributed by atoms with E-state index in [0.717, 1.165) is 24.3 Å². The van der Waals surface area contributed by atoms with Gasteiger partial charge in [0, 0.05) is 26.2 Å². The van der Waals surface area contributed by atoms with Gasteiger partial charge >= 0.3 is 0 Å². The predicted octanol–water partition coefficient (Wildman–Crippen LogP) is 1.11. The van der Waals surface area contributed by atoms with Crippen LogP contribution in [0.2, 0.25) is 0 Å². The average Bonchev–Trinajstić information content (AvgIpc) is 2.43. The van der Waals surface area contributed by atoms with Crippen LogP contribution in [-0.4, -0.2) is 61.5 Å². The minimum atomic E-state index is 0.0996. The van der Waals surface area contributed by atoms with E-state index in [1.165, 1.54) is 0 Å². The van der Waals surface area contributed by atoms with Gasteiger partial charge < -0.3 is 15.4 Å². The van der Waals surface area contributed by atoms with E-state index in [2.05, 4.69) is 0 Å². The molecule has 1 aromatic rings. The Kier molecular flexibility index (Phi) is 7.11. The van der Waals surface area contributed by atoms with Crippen molar-refractivity contribution in [3.05, 3.63) is 29.8 Å². The average molecular weight is 309 g/mol. The smallest absolute Gasteiger partial charge is 0.236 e. The number of benzene rings is 1. The summed E-state index contributed by atoms with van der Waals surface area (Å²) in [4.78, 5) is 15.5. The summed E-state index contributed by atoms with van der Waals surface area (Å²) in [6, 6.07) is 7.43. The third-order valence-electron chi connectivity index (χ3n) is 2.98. The summed E-state index contributed by atoms with van der Waals surface area (Å²) in [6.07, 6.45) is 0.842. The zero-order chi connectivity index (χ0) is 15.8. The molecule has 1 aromatic carbocycles. The van der Waals surface area contributed by atoms with Crippen molar-refractivity contribution in [2.45, 2.75) is 6.42 Å². The number of nitrogens with two attached hydrogens (primary N) is 1. The summed E-state index contributed by atoms with van der Waals surface area (Å²) in [5.74, 6) is 0.856. The number of likely N-dealkylation sites (N-methyl/N-ethyl adjacent to an activating group) is 2. The summed E-state index contributed by atoms with van der Waals surface area (Å²) in [5, 5.41) is 0. The largest absolute Gasteiger partial charge is 0.494 e. The van der Waals surface area contributed by atoms with Crippen molar-refractivity contribution in [1.82, 2.24) is 9.80 Å². The Bertz CT molecular complexity index is 492. The van der Waals surface area contributed by atoms with Crippen LogP contribution >= 0.6 is 12.2 Å². The molecule has 1 rings (SSSR count). The summed E-state index contributed by atoms with van der Waals surface area (Å²) in [5.41, 5.74) is 6.38. The quantitative estimate of drug-likeness (QED) is 0.576. The molecule has 0 fully saturated rings. The Morgan fingerprint density at radius 3 is 2.67 bits per heavy atom. The molecular weight excluding hydrogens is 286 g/mol. The number of hydrogen-bond acceptors (Lipinski definition) is 4. The number of rotatable bonds is 8. The van der Waals surface area contributed by atoms with Gasteiger partial charge in [0.1, 0.15) is 10.7 Å².